The predicted molar refractivity (Wildman–Crippen MR) is 89.5 cm³/mol. The minimum absolute atomic E-state index is 0.238. The van der Waals surface area contributed by atoms with Crippen LogP contribution in [0.2, 0.25) is 0 Å². The summed E-state index contributed by atoms with van der Waals surface area (Å²) in [4.78, 5) is 14.4. The van der Waals surface area contributed by atoms with Crippen LogP contribution in [0.4, 0.5) is 4.79 Å². The summed E-state index contributed by atoms with van der Waals surface area (Å²) in [5.41, 5.74) is 0.592. The van der Waals surface area contributed by atoms with Gasteiger partial charge in [0.2, 0.25) is 0 Å². The van der Waals surface area contributed by atoms with Crippen LogP contribution in [0.5, 0.6) is 0 Å². The summed E-state index contributed by atoms with van der Waals surface area (Å²) in [6.45, 7) is 8.56. The van der Waals surface area contributed by atoms with Crippen molar-refractivity contribution < 1.29 is 17.9 Å². The Balaban J connectivity index is 1.92. The first kappa shape index (κ1) is 17.9. The molecule has 1 amide bonds. The Morgan fingerprint density at radius 1 is 1.26 bits per heavy atom. The van der Waals surface area contributed by atoms with Gasteiger partial charge in [0.05, 0.1) is 17.5 Å². The zero-order chi connectivity index (χ0) is 17.0. The summed E-state index contributed by atoms with van der Waals surface area (Å²) in [5, 5.41) is 0. The van der Waals surface area contributed by atoms with Gasteiger partial charge in [-0.1, -0.05) is 17.7 Å². The summed E-state index contributed by atoms with van der Waals surface area (Å²) >= 11 is -1.52. The lowest BCUT2D eigenvalue weighted by Gasteiger charge is -2.33. The highest BCUT2D eigenvalue weighted by molar-refractivity contribution is 7.80. The zero-order valence-corrected chi connectivity index (χ0v) is 15.0. The Bertz CT molecular complexity index is 565. The Morgan fingerprint density at radius 2 is 1.91 bits per heavy atom. The second-order valence-electron chi connectivity index (χ2n) is 6.83. The molecule has 0 radical (unpaired) electrons. The van der Waals surface area contributed by atoms with Crippen LogP contribution < -0.4 is 0 Å². The van der Waals surface area contributed by atoms with Crippen molar-refractivity contribution in [2.45, 2.75) is 57.1 Å². The summed E-state index contributed by atoms with van der Waals surface area (Å²) in [7, 11) is 0. The molecule has 0 saturated carbocycles. The van der Waals surface area contributed by atoms with Crippen molar-refractivity contribution in [2.24, 2.45) is 0 Å². The number of ether oxygens (including phenoxy) is 1. The molecule has 1 fully saturated rings. The van der Waals surface area contributed by atoms with Crippen LogP contribution in [0, 0.1) is 6.92 Å². The van der Waals surface area contributed by atoms with Crippen LogP contribution in [0.25, 0.3) is 0 Å². The van der Waals surface area contributed by atoms with Gasteiger partial charge in [-0.15, -0.1) is 0 Å². The molecular formula is C17H25NO4S. The van der Waals surface area contributed by atoms with Crippen LogP contribution in [0.15, 0.2) is 29.2 Å². The quantitative estimate of drug-likeness (QED) is 0.846. The number of likely N-dealkylation sites (tertiary alicyclic amines) is 1. The van der Waals surface area contributed by atoms with E-state index >= 15 is 0 Å². The van der Waals surface area contributed by atoms with Crippen molar-refractivity contribution >= 4 is 17.2 Å². The molecule has 1 aliphatic heterocycles. The minimum Gasteiger partial charge on any atom is -0.444 e. The largest absolute Gasteiger partial charge is 0.444 e. The van der Waals surface area contributed by atoms with Gasteiger partial charge in [0, 0.05) is 6.54 Å². The van der Waals surface area contributed by atoms with Crippen LogP contribution in [-0.4, -0.2) is 40.0 Å². The molecule has 2 rings (SSSR count). The van der Waals surface area contributed by atoms with Gasteiger partial charge in [0.25, 0.3) is 0 Å². The van der Waals surface area contributed by atoms with Crippen molar-refractivity contribution in [1.82, 2.24) is 4.90 Å². The van der Waals surface area contributed by atoms with Crippen molar-refractivity contribution in [2.75, 3.05) is 13.1 Å². The number of nitrogens with zero attached hydrogens (tertiary/aromatic N) is 1. The molecule has 0 aromatic heterocycles. The average Bonchev–Trinajstić information content (AvgIpc) is 2.46. The Labute approximate surface area is 140 Å². The zero-order valence-electron chi connectivity index (χ0n) is 14.2. The Hall–Kier alpha value is -1.40. The lowest BCUT2D eigenvalue weighted by atomic mass is 10.1. The number of hydrogen-bond acceptors (Lipinski definition) is 4. The second kappa shape index (κ2) is 7.45. The van der Waals surface area contributed by atoms with Gasteiger partial charge < -0.3 is 9.64 Å². The topological polar surface area (TPSA) is 55.8 Å². The molecule has 0 spiro atoms. The fraction of sp³-hybridized carbons (Fsp3) is 0.588. The highest BCUT2D eigenvalue weighted by Crippen LogP contribution is 2.20. The van der Waals surface area contributed by atoms with Gasteiger partial charge >= 0.3 is 6.09 Å². The van der Waals surface area contributed by atoms with E-state index in [0.29, 0.717) is 18.0 Å². The molecule has 1 saturated heterocycles. The van der Waals surface area contributed by atoms with Crippen LogP contribution >= 0.6 is 0 Å². The third-order valence-corrected chi connectivity index (χ3v) is 4.57. The van der Waals surface area contributed by atoms with Gasteiger partial charge in [-0.25, -0.2) is 9.00 Å². The molecule has 1 heterocycles. The van der Waals surface area contributed by atoms with E-state index in [1.54, 1.807) is 17.0 Å². The SMILES string of the molecule is Cc1ccc(S(=O)OC2CCCN(C(=O)OC(C)(C)C)C2)cc1. The van der Waals surface area contributed by atoms with Crippen molar-refractivity contribution in [1.29, 1.82) is 0 Å². The number of aryl methyl sites for hydroxylation is 1. The summed E-state index contributed by atoms with van der Waals surface area (Å²) in [6.07, 6.45) is 1.02. The first-order chi connectivity index (χ1) is 10.7. The number of carbonyl (C=O) groups is 1. The van der Waals surface area contributed by atoms with Gasteiger partial charge in [-0.05, 0) is 52.7 Å². The molecule has 1 aliphatic rings. The van der Waals surface area contributed by atoms with Crippen LogP contribution in [0.3, 0.4) is 0 Å². The number of rotatable bonds is 3. The van der Waals surface area contributed by atoms with E-state index in [-0.39, 0.29) is 12.2 Å². The first-order valence-corrected chi connectivity index (χ1v) is 8.95. The maximum atomic E-state index is 12.3. The fourth-order valence-electron chi connectivity index (χ4n) is 2.34. The summed E-state index contributed by atoms with van der Waals surface area (Å²) < 4.78 is 23.3. The standard InChI is InChI=1S/C17H25NO4S/c1-13-7-9-15(10-8-13)23(20)22-14-6-5-11-18(12-14)16(19)21-17(2,3)4/h7-10,14H,5-6,11-12H2,1-4H3. The molecule has 5 nitrogen and oxygen atoms in total. The van der Waals surface area contributed by atoms with Gasteiger partial charge in [-0.3, -0.25) is 4.18 Å². The number of benzene rings is 1. The molecule has 2 atom stereocenters. The third-order valence-electron chi connectivity index (χ3n) is 3.47. The van der Waals surface area contributed by atoms with Crippen LogP contribution in [0.1, 0.15) is 39.2 Å². The Kier molecular flexibility index (Phi) is 5.81. The predicted octanol–water partition coefficient (Wildman–Crippen LogP) is 3.43. The van der Waals surface area contributed by atoms with E-state index in [0.717, 1.165) is 18.4 Å². The highest BCUT2D eigenvalue weighted by atomic mass is 32.2. The normalized spacial score (nSPS) is 20.2. The fourth-order valence-corrected chi connectivity index (χ4v) is 3.21. The molecule has 0 aliphatic carbocycles. The Morgan fingerprint density at radius 3 is 2.52 bits per heavy atom. The second-order valence-corrected chi connectivity index (χ2v) is 7.97. The highest BCUT2D eigenvalue weighted by Gasteiger charge is 2.29. The lowest BCUT2D eigenvalue weighted by Crippen LogP contribution is -2.45. The maximum Gasteiger partial charge on any atom is 0.410 e. The minimum atomic E-state index is -1.52. The van der Waals surface area contributed by atoms with Crippen molar-refractivity contribution in [3.8, 4) is 0 Å². The molecule has 0 bridgehead atoms. The molecule has 2 unspecified atom stereocenters. The van der Waals surface area contributed by atoms with Crippen molar-refractivity contribution in [3.05, 3.63) is 29.8 Å². The molecule has 6 heteroatoms. The van der Waals surface area contributed by atoms with E-state index in [2.05, 4.69) is 0 Å². The number of piperidine rings is 1. The lowest BCUT2D eigenvalue weighted by molar-refractivity contribution is 0.00920. The van der Waals surface area contributed by atoms with E-state index < -0.39 is 16.7 Å². The summed E-state index contributed by atoms with van der Waals surface area (Å²) in [6, 6.07) is 7.43. The smallest absolute Gasteiger partial charge is 0.410 e. The number of carbonyl (C=O) groups excluding carboxylic acids is 1. The van der Waals surface area contributed by atoms with E-state index in [9.17, 15) is 9.00 Å². The number of hydrogen-bond donors (Lipinski definition) is 0. The molecule has 23 heavy (non-hydrogen) atoms. The molecule has 1 aromatic rings. The third kappa shape index (κ3) is 5.62. The number of amides is 1. The molecule has 0 N–H and O–H groups in total. The summed E-state index contributed by atoms with van der Waals surface area (Å²) in [5.74, 6) is 0. The molecule has 128 valence electrons. The first-order valence-electron chi connectivity index (χ1n) is 7.88. The van der Waals surface area contributed by atoms with Gasteiger partial charge in [0.15, 0.2) is 11.1 Å². The molecule has 1 aromatic carbocycles. The van der Waals surface area contributed by atoms with Gasteiger partial charge in [0.1, 0.15) is 5.60 Å². The molecular weight excluding hydrogens is 314 g/mol. The van der Waals surface area contributed by atoms with Gasteiger partial charge in [-0.2, -0.15) is 0 Å². The monoisotopic (exact) mass is 339 g/mol. The van der Waals surface area contributed by atoms with E-state index in [1.165, 1.54) is 0 Å². The van der Waals surface area contributed by atoms with Crippen molar-refractivity contribution in [3.63, 3.8) is 0 Å². The average molecular weight is 339 g/mol. The van der Waals surface area contributed by atoms with E-state index in [1.807, 2.05) is 39.8 Å². The van der Waals surface area contributed by atoms with E-state index in [4.69, 9.17) is 8.92 Å². The maximum absolute atomic E-state index is 12.3. The van der Waals surface area contributed by atoms with Crippen LogP contribution in [-0.2, 0) is 20.0 Å².